The van der Waals surface area contributed by atoms with E-state index in [0.717, 1.165) is 126 Å². The van der Waals surface area contributed by atoms with Gasteiger partial charge in [0.25, 0.3) is 0 Å². The summed E-state index contributed by atoms with van der Waals surface area (Å²) >= 11 is 6.12. The molecule has 0 aliphatic heterocycles. The number of para-hydroxylation sites is 9. The molecule has 0 saturated heterocycles. The highest BCUT2D eigenvalue weighted by molar-refractivity contribution is 6.30. The lowest BCUT2D eigenvalue weighted by atomic mass is 10.0. The van der Waals surface area contributed by atoms with E-state index in [2.05, 4.69) is 133 Å². The minimum atomic E-state index is 0.483. The van der Waals surface area contributed by atoms with Crippen LogP contribution in [0.5, 0.6) is 0 Å². The summed E-state index contributed by atoms with van der Waals surface area (Å²) in [4.78, 5) is 29.1. The largest absolute Gasteiger partial charge is 0.292 e. The smallest absolute Gasteiger partial charge is 0.146 e. The molecule has 0 bridgehead atoms. The van der Waals surface area contributed by atoms with Crippen LogP contribution >= 0.6 is 11.6 Å². The Labute approximate surface area is 367 Å². The minimum absolute atomic E-state index is 0.483. The van der Waals surface area contributed by atoms with Crippen molar-refractivity contribution in [3.8, 4) is 11.4 Å². The Kier molecular flexibility index (Phi) is 7.26. The minimum Gasteiger partial charge on any atom is -0.292 e. The third-order valence-corrected chi connectivity index (χ3v) is 12.9. The van der Waals surface area contributed by atoms with Gasteiger partial charge in [-0.1, -0.05) is 103 Å². The van der Waals surface area contributed by atoms with Crippen molar-refractivity contribution in [2.75, 3.05) is 0 Å². The lowest BCUT2D eigenvalue weighted by molar-refractivity contribution is 1.26. The number of imidazole rings is 3. The first-order valence-corrected chi connectivity index (χ1v) is 21.4. The first kappa shape index (κ1) is 35.1. The van der Waals surface area contributed by atoms with Crippen LogP contribution in [0.25, 0.3) is 126 Å². The summed E-state index contributed by atoms with van der Waals surface area (Å²) in [7, 11) is 0. The molecule has 0 saturated carbocycles. The van der Waals surface area contributed by atoms with Crippen LogP contribution in [-0.4, -0.2) is 43.1 Å². The van der Waals surface area contributed by atoms with Crippen molar-refractivity contribution in [1.29, 1.82) is 0 Å². The zero-order valence-corrected chi connectivity index (χ0v) is 34.5. The number of fused-ring (bicyclic) bond motifs is 24. The maximum atomic E-state index is 6.12. The zero-order chi connectivity index (χ0) is 42.0. The second-order valence-corrected chi connectivity index (χ2v) is 16.5. The van der Waals surface area contributed by atoms with Crippen LogP contribution in [0.4, 0.5) is 0 Å². The number of aromatic nitrogens is 9. The number of nitrogens with zero attached hydrogens (tertiary/aromatic N) is 9. The van der Waals surface area contributed by atoms with Gasteiger partial charge >= 0.3 is 0 Å². The van der Waals surface area contributed by atoms with Crippen LogP contribution in [-0.2, 0) is 0 Å². The van der Waals surface area contributed by atoms with E-state index in [-0.39, 0.29) is 0 Å². The quantitative estimate of drug-likeness (QED) is 0.121. The van der Waals surface area contributed by atoms with Crippen molar-refractivity contribution in [3.63, 3.8) is 0 Å². The fraction of sp³-hybridized carbons (Fsp3) is 0. The number of pyridine rings is 6. The number of hydrogen-bond donors (Lipinski definition) is 0. The van der Waals surface area contributed by atoms with E-state index in [0.29, 0.717) is 5.15 Å². The molecule has 0 fully saturated rings. The summed E-state index contributed by atoms with van der Waals surface area (Å²) in [6.45, 7) is 0. The van der Waals surface area contributed by atoms with Gasteiger partial charge in [-0.05, 0) is 72.8 Å². The monoisotopic (exact) mass is 839 g/mol. The van der Waals surface area contributed by atoms with Crippen LogP contribution in [0.15, 0.2) is 182 Å². The first-order chi connectivity index (χ1) is 31.7. The topological polar surface area (TPSA) is 90.6 Å². The molecule has 0 amide bonds. The van der Waals surface area contributed by atoms with Gasteiger partial charge in [-0.15, -0.1) is 0 Å². The predicted octanol–water partition coefficient (Wildman–Crippen LogP) is 13.2. The van der Waals surface area contributed by atoms with Crippen LogP contribution in [0, 0.1) is 0 Å². The third kappa shape index (κ3) is 4.95. The van der Waals surface area contributed by atoms with E-state index < -0.39 is 0 Å². The molecule has 64 heavy (non-hydrogen) atoms. The number of halogens is 1. The SMILES string of the molecule is Clc1cc2c(cn1)c1ccccc1n1c3ccccc3nc21.c1ccc2c(c1)nc1c3cc(-c4cc5c(cn4)c4ccccc4n4c6ccccc6nc54)ncc3c3ccccc3n21. The molecule has 15 aromatic rings. The summed E-state index contributed by atoms with van der Waals surface area (Å²) in [6.07, 6.45) is 5.77. The molecule has 9 nitrogen and oxygen atoms in total. The van der Waals surface area contributed by atoms with Gasteiger partial charge in [0.1, 0.15) is 22.1 Å². The molecular formula is C54H30ClN9. The van der Waals surface area contributed by atoms with Crippen molar-refractivity contribution in [2.45, 2.75) is 0 Å². The van der Waals surface area contributed by atoms with Gasteiger partial charge in [0.05, 0.1) is 61.0 Å². The molecule has 0 atom stereocenters. The van der Waals surface area contributed by atoms with Crippen molar-refractivity contribution >= 4 is 127 Å². The van der Waals surface area contributed by atoms with Crippen molar-refractivity contribution in [2.24, 2.45) is 0 Å². The van der Waals surface area contributed by atoms with E-state index in [9.17, 15) is 0 Å². The van der Waals surface area contributed by atoms with Gasteiger partial charge in [-0.2, -0.15) is 0 Å². The Bertz CT molecular complexity index is 4280. The van der Waals surface area contributed by atoms with Gasteiger partial charge in [0.2, 0.25) is 0 Å². The van der Waals surface area contributed by atoms with Crippen molar-refractivity contribution in [3.05, 3.63) is 188 Å². The predicted molar refractivity (Wildman–Crippen MR) is 261 cm³/mol. The molecule has 0 radical (unpaired) electrons. The second kappa shape index (κ2) is 13.2. The van der Waals surface area contributed by atoms with E-state index in [1.54, 1.807) is 0 Å². The van der Waals surface area contributed by atoms with Gasteiger partial charge in [-0.25, -0.2) is 19.9 Å². The molecule has 0 aliphatic carbocycles. The van der Waals surface area contributed by atoms with E-state index in [1.165, 1.54) is 0 Å². The molecule has 10 heteroatoms. The molecule has 298 valence electrons. The molecule has 9 heterocycles. The Hall–Kier alpha value is -8.53. The van der Waals surface area contributed by atoms with Crippen LogP contribution < -0.4 is 0 Å². The lowest BCUT2D eigenvalue weighted by Crippen LogP contribution is -1.95. The van der Waals surface area contributed by atoms with Gasteiger partial charge in [-0.3, -0.25) is 23.2 Å². The lowest BCUT2D eigenvalue weighted by Gasteiger charge is -2.11. The fourth-order valence-electron chi connectivity index (χ4n) is 9.86. The summed E-state index contributed by atoms with van der Waals surface area (Å²) in [5.74, 6) is 0. The van der Waals surface area contributed by atoms with Gasteiger partial charge in [0.15, 0.2) is 0 Å². The van der Waals surface area contributed by atoms with Gasteiger partial charge in [0, 0.05) is 67.1 Å². The average molecular weight is 840 g/mol. The molecule has 6 aromatic carbocycles. The van der Waals surface area contributed by atoms with E-state index >= 15 is 0 Å². The van der Waals surface area contributed by atoms with Crippen LogP contribution in [0.3, 0.4) is 0 Å². The number of hydrogen-bond acceptors (Lipinski definition) is 6. The van der Waals surface area contributed by atoms with E-state index in [4.69, 9.17) is 36.5 Å². The summed E-state index contributed by atoms with van der Waals surface area (Å²) in [5.41, 5.74) is 13.9. The molecule has 0 aliphatic rings. The highest BCUT2D eigenvalue weighted by Crippen LogP contribution is 2.37. The Balaban J connectivity index is 0.000000151. The third-order valence-electron chi connectivity index (χ3n) is 12.7. The molecule has 0 N–H and O–H groups in total. The zero-order valence-electron chi connectivity index (χ0n) is 33.7. The highest BCUT2D eigenvalue weighted by Gasteiger charge is 2.19. The molecule has 9 aromatic heterocycles. The van der Waals surface area contributed by atoms with Crippen molar-refractivity contribution < 1.29 is 0 Å². The Morgan fingerprint density at radius 2 is 0.609 bits per heavy atom. The molecule has 0 spiro atoms. The standard InChI is InChI=1S/C36H20N6.C18H10ClN3/c1-5-13-31-21(9-1)25-19-37-29(17-23(25)35-39-27-11-3-7-15-33(27)41(31)35)30-18-24-26(20-38-30)22-10-2-6-14-32(22)42-34-16-8-4-12-28(34)40-36(24)42;19-17-9-12-13(10-20-17)11-5-1-3-7-15(11)22-16-8-4-2-6-14(16)21-18(12)22/h1-20H;1-10H. The Morgan fingerprint density at radius 3 is 1.00 bits per heavy atom. The molecular weight excluding hydrogens is 810 g/mol. The number of benzene rings is 6. The first-order valence-electron chi connectivity index (χ1n) is 21.1. The normalized spacial score (nSPS) is 12.1. The maximum Gasteiger partial charge on any atom is 0.146 e. The maximum absolute atomic E-state index is 6.12. The number of rotatable bonds is 1. The van der Waals surface area contributed by atoms with Gasteiger partial charge < -0.3 is 0 Å². The van der Waals surface area contributed by atoms with Crippen molar-refractivity contribution in [1.82, 2.24) is 43.1 Å². The average Bonchev–Trinajstić information content (AvgIpc) is 4.07. The van der Waals surface area contributed by atoms with E-state index in [1.807, 2.05) is 67.1 Å². The fourth-order valence-corrected chi connectivity index (χ4v) is 10.0. The summed E-state index contributed by atoms with van der Waals surface area (Å²) in [5, 5.41) is 10.3. The summed E-state index contributed by atoms with van der Waals surface area (Å²) < 4.78 is 6.72. The molecule has 0 unspecified atom stereocenters. The Morgan fingerprint density at radius 1 is 0.297 bits per heavy atom. The second-order valence-electron chi connectivity index (χ2n) is 16.1. The summed E-state index contributed by atoms with van der Waals surface area (Å²) in [6, 6.07) is 56.2. The van der Waals surface area contributed by atoms with Crippen LogP contribution in [0.1, 0.15) is 0 Å². The highest BCUT2D eigenvalue weighted by atomic mass is 35.5. The van der Waals surface area contributed by atoms with Crippen LogP contribution in [0.2, 0.25) is 5.15 Å². The molecule has 15 rings (SSSR count).